The van der Waals surface area contributed by atoms with Crippen LogP contribution < -0.4 is 5.32 Å². The van der Waals surface area contributed by atoms with Crippen molar-refractivity contribution in [2.24, 2.45) is 5.92 Å². The first kappa shape index (κ1) is 13.8. The van der Waals surface area contributed by atoms with Gasteiger partial charge in [-0.25, -0.2) is 0 Å². The first-order valence-corrected chi connectivity index (χ1v) is 7.83. The lowest BCUT2D eigenvalue weighted by molar-refractivity contribution is -0.385. The second-order valence-electron chi connectivity index (χ2n) is 4.40. The van der Waals surface area contributed by atoms with Gasteiger partial charge < -0.3 is 5.32 Å². The van der Waals surface area contributed by atoms with Crippen molar-refractivity contribution in [3.63, 3.8) is 0 Å². The lowest BCUT2D eigenvalue weighted by Crippen LogP contribution is -2.22. The van der Waals surface area contributed by atoms with Gasteiger partial charge in [0.2, 0.25) is 0 Å². The lowest BCUT2D eigenvalue weighted by Gasteiger charge is -2.10. The number of hydrogen-bond acceptors (Lipinski definition) is 4. The Morgan fingerprint density at radius 1 is 1.56 bits per heavy atom. The first-order valence-electron chi connectivity index (χ1n) is 5.88. The van der Waals surface area contributed by atoms with E-state index in [2.05, 4.69) is 21.2 Å². The molecule has 0 aliphatic carbocycles. The maximum absolute atomic E-state index is 10.8. The highest BCUT2D eigenvalue weighted by Gasteiger charge is 2.15. The number of benzene rings is 1. The van der Waals surface area contributed by atoms with E-state index in [9.17, 15) is 10.1 Å². The Morgan fingerprint density at radius 2 is 2.39 bits per heavy atom. The van der Waals surface area contributed by atoms with Crippen LogP contribution in [-0.4, -0.2) is 23.0 Å². The average molecular weight is 331 g/mol. The molecule has 0 bridgehead atoms. The van der Waals surface area contributed by atoms with E-state index in [1.54, 1.807) is 12.1 Å². The Bertz CT molecular complexity index is 436. The van der Waals surface area contributed by atoms with Crippen LogP contribution in [0.15, 0.2) is 22.7 Å². The molecule has 0 amide bonds. The SMILES string of the molecule is O=[N+]([O-])c1cc(CNCC2CCSC2)ccc1Br. The monoisotopic (exact) mass is 330 g/mol. The molecule has 1 heterocycles. The smallest absolute Gasteiger partial charge is 0.283 e. The zero-order valence-corrected chi connectivity index (χ0v) is 12.3. The Kier molecular flexibility index (Phi) is 5.03. The summed E-state index contributed by atoms with van der Waals surface area (Å²) in [6, 6.07) is 5.27. The Morgan fingerprint density at radius 3 is 3.06 bits per heavy atom. The number of nitro groups is 1. The van der Waals surface area contributed by atoms with Gasteiger partial charge in [0, 0.05) is 12.6 Å². The number of thioether (sulfide) groups is 1. The number of rotatable bonds is 5. The van der Waals surface area contributed by atoms with E-state index >= 15 is 0 Å². The van der Waals surface area contributed by atoms with Crippen LogP contribution in [0.4, 0.5) is 5.69 Å². The summed E-state index contributed by atoms with van der Waals surface area (Å²) in [5, 5.41) is 14.2. The van der Waals surface area contributed by atoms with Gasteiger partial charge in [-0.3, -0.25) is 10.1 Å². The summed E-state index contributed by atoms with van der Waals surface area (Å²) >= 11 is 5.19. The molecule has 0 aromatic heterocycles. The third-order valence-electron chi connectivity index (χ3n) is 2.99. The van der Waals surface area contributed by atoms with E-state index in [4.69, 9.17) is 0 Å². The van der Waals surface area contributed by atoms with Crippen LogP contribution in [-0.2, 0) is 6.54 Å². The highest BCUT2D eigenvalue weighted by molar-refractivity contribution is 9.10. The summed E-state index contributed by atoms with van der Waals surface area (Å²) in [6.07, 6.45) is 1.28. The van der Waals surface area contributed by atoms with Crippen molar-refractivity contribution < 1.29 is 4.92 Å². The lowest BCUT2D eigenvalue weighted by atomic mass is 10.1. The number of nitro benzene ring substituents is 1. The topological polar surface area (TPSA) is 55.2 Å². The minimum absolute atomic E-state index is 0.130. The Balaban J connectivity index is 1.88. The van der Waals surface area contributed by atoms with Crippen LogP contribution in [0.25, 0.3) is 0 Å². The fraction of sp³-hybridized carbons (Fsp3) is 0.500. The van der Waals surface area contributed by atoms with E-state index in [0.717, 1.165) is 18.0 Å². The molecule has 0 radical (unpaired) electrons. The first-order chi connectivity index (χ1) is 8.66. The third-order valence-corrected chi connectivity index (χ3v) is 4.90. The molecule has 18 heavy (non-hydrogen) atoms. The van der Waals surface area contributed by atoms with Crippen LogP contribution in [0.2, 0.25) is 0 Å². The molecule has 1 aliphatic heterocycles. The summed E-state index contributed by atoms with van der Waals surface area (Å²) < 4.78 is 0.531. The van der Waals surface area contributed by atoms with Crippen molar-refractivity contribution in [2.75, 3.05) is 18.1 Å². The van der Waals surface area contributed by atoms with E-state index in [0.29, 0.717) is 11.0 Å². The fourth-order valence-electron chi connectivity index (χ4n) is 1.97. The minimum atomic E-state index is -0.360. The summed E-state index contributed by atoms with van der Waals surface area (Å²) in [6.45, 7) is 1.69. The second kappa shape index (κ2) is 6.54. The molecule has 1 unspecified atom stereocenters. The molecule has 1 aromatic carbocycles. The zero-order valence-electron chi connectivity index (χ0n) is 9.89. The maximum Gasteiger partial charge on any atom is 0.283 e. The predicted molar refractivity (Wildman–Crippen MR) is 77.9 cm³/mol. The standard InChI is InChI=1S/C12H15BrN2O2S/c13-11-2-1-9(5-12(11)15(16)17)6-14-7-10-3-4-18-8-10/h1-2,5,10,14H,3-4,6-8H2. The predicted octanol–water partition coefficient (Wildman–Crippen LogP) is 3.20. The van der Waals surface area contributed by atoms with Gasteiger partial charge in [0.05, 0.1) is 9.40 Å². The summed E-state index contributed by atoms with van der Waals surface area (Å²) in [5.41, 5.74) is 1.08. The van der Waals surface area contributed by atoms with E-state index in [1.807, 2.05) is 17.8 Å². The molecule has 1 saturated heterocycles. The molecule has 1 fully saturated rings. The fourth-order valence-corrected chi connectivity index (χ4v) is 3.65. The molecule has 1 N–H and O–H groups in total. The zero-order chi connectivity index (χ0) is 13.0. The van der Waals surface area contributed by atoms with Crippen molar-refractivity contribution in [3.8, 4) is 0 Å². The van der Waals surface area contributed by atoms with Crippen molar-refractivity contribution in [3.05, 3.63) is 38.3 Å². The van der Waals surface area contributed by atoms with Crippen LogP contribution in [0, 0.1) is 16.0 Å². The van der Waals surface area contributed by atoms with Gasteiger partial charge in [-0.15, -0.1) is 0 Å². The van der Waals surface area contributed by atoms with Crippen LogP contribution in [0.1, 0.15) is 12.0 Å². The molecule has 0 spiro atoms. The van der Waals surface area contributed by atoms with E-state index in [-0.39, 0.29) is 10.6 Å². The molecule has 2 rings (SSSR count). The number of hydrogen-bond donors (Lipinski definition) is 1. The van der Waals surface area contributed by atoms with E-state index in [1.165, 1.54) is 17.9 Å². The number of nitrogens with zero attached hydrogens (tertiary/aromatic N) is 1. The van der Waals surface area contributed by atoms with Crippen LogP contribution in [0.3, 0.4) is 0 Å². The van der Waals surface area contributed by atoms with Gasteiger partial charge in [-0.2, -0.15) is 11.8 Å². The molecule has 1 atom stereocenters. The van der Waals surface area contributed by atoms with Crippen molar-refractivity contribution in [1.82, 2.24) is 5.32 Å². The third kappa shape index (κ3) is 3.70. The summed E-state index contributed by atoms with van der Waals surface area (Å²) in [5.74, 6) is 3.24. The van der Waals surface area contributed by atoms with Gasteiger partial charge in [0.15, 0.2) is 0 Å². The minimum Gasteiger partial charge on any atom is -0.312 e. The normalized spacial score (nSPS) is 19.1. The second-order valence-corrected chi connectivity index (χ2v) is 6.41. The highest BCUT2D eigenvalue weighted by Crippen LogP contribution is 2.26. The molecular formula is C12H15BrN2O2S. The summed E-state index contributed by atoms with van der Waals surface area (Å²) in [4.78, 5) is 10.4. The van der Waals surface area contributed by atoms with Crippen molar-refractivity contribution >= 4 is 33.4 Å². The molecule has 6 heteroatoms. The molecule has 1 aliphatic rings. The van der Waals surface area contributed by atoms with Crippen LogP contribution >= 0.6 is 27.7 Å². The van der Waals surface area contributed by atoms with Gasteiger partial charge in [0.1, 0.15) is 0 Å². The Hall–Kier alpha value is -0.590. The van der Waals surface area contributed by atoms with E-state index < -0.39 is 0 Å². The number of halogens is 1. The van der Waals surface area contributed by atoms with Crippen molar-refractivity contribution in [1.29, 1.82) is 0 Å². The highest BCUT2D eigenvalue weighted by atomic mass is 79.9. The molecule has 0 saturated carbocycles. The largest absolute Gasteiger partial charge is 0.312 e. The van der Waals surface area contributed by atoms with Crippen molar-refractivity contribution in [2.45, 2.75) is 13.0 Å². The number of nitrogens with one attached hydrogen (secondary N) is 1. The molecule has 4 nitrogen and oxygen atoms in total. The maximum atomic E-state index is 10.8. The van der Waals surface area contributed by atoms with Gasteiger partial charge in [0.25, 0.3) is 5.69 Å². The molecule has 98 valence electrons. The molecule has 1 aromatic rings. The van der Waals surface area contributed by atoms with Gasteiger partial charge in [-0.05, 0) is 57.9 Å². The average Bonchev–Trinajstić information content (AvgIpc) is 2.84. The summed E-state index contributed by atoms with van der Waals surface area (Å²) in [7, 11) is 0. The van der Waals surface area contributed by atoms with Gasteiger partial charge in [-0.1, -0.05) is 6.07 Å². The van der Waals surface area contributed by atoms with Gasteiger partial charge >= 0.3 is 0 Å². The Labute approximate surface area is 119 Å². The quantitative estimate of drug-likeness (QED) is 0.665. The molecular weight excluding hydrogens is 316 g/mol. The van der Waals surface area contributed by atoms with Crippen LogP contribution in [0.5, 0.6) is 0 Å².